The Kier molecular flexibility index (Phi) is 9.94. The normalized spacial score (nSPS) is 13.4. The molecule has 4 heteroatoms. The van der Waals surface area contributed by atoms with Gasteiger partial charge in [0.2, 0.25) is 0 Å². The standard InChI is InChI=1S/C7H16OS3/c1-3-11-7(9-2)6-10-5-4-8/h7-8H,3-6H2,1-2H3. The van der Waals surface area contributed by atoms with Gasteiger partial charge in [0.15, 0.2) is 0 Å². The van der Waals surface area contributed by atoms with Crippen LogP contribution in [0, 0.1) is 0 Å². The van der Waals surface area contributed by atoms with E-state index in [-0.39, 0.29) is 0 Å². The number of aliphatic hydroxyl groups is 1. The van der Waals surface area contributed by atoms with E-state index in [9.17, 15) is 0 Å². The van der Waals surface area contributed by atoms with Crippen LogP contribution in [0.4, 0.5) is 0 Å². The molecule has 0 aliphatic rings. The average Bonchev–Trinajstić information content (AvgIpc) is 2.03. The van der Waals surface area contributed by atoms with Gasteiger partial charge in [-0.3, -0.25) is 0 Å². The van der Waals surface area contributed by atoms with E-state index in [1.165, 1.54) is 5.75 Å². The monoisotopic (exact) mass is 212 g/mol. The lowest BCUT2D eigenvalue weighted by Crippen LogP contribution is -2.02. The molecule has 1 N–H and O–H groups in total. The quantitative estimate of drug-likeness (QED) is 0.515. The van der Waals surface area contributed by atoms with Crippen molar-refractivity contribution < 1.29 is 5.11 Å². The van der Waals surface area contributed by atoms with Crippen molar-refractivity contribution in [2.45, 2.75) is 11.5 Å². The van der Waals surface area contributed by atoms with Crippen molar-refractivity contribution in [3.8, 4) is 0 Å². The summed E-state index contributed by atoms with van der Waals surface area (Å²) in [5, 5.41) is 8.55. The van der Waals surface area contributed by atoms with E-state index >= 15 is 0 Å². The maximum atomic E-state index is 8.55. The zero-order valence-corrected chi connectivity index (χ0v) is 9.53. The van der Waals surface area contributed by atoms with Crippen molar-refractivity contribution in [3.05, 3.63) is 0 Å². The largest absolute Gasteiger partial charge is 0.396 e. The summed E-state index contributed by atoms with van der Waals surface area (Å²) in [6.07, 6.45) is 2.15. The fourth-order valence-corrected chi connectivity index (χ4v) is 3.93. The number of thioether (sulfide) groups is 3. The van der Waals surface area contributed by atoms with Crippen molar-refractivity contribution in [1.29, 1.82) is 0 Å². The number of hydrogen-bond acceptors (Lipinski definition) is 4. The number of aliphatic hydroxyl groups excluding tert-OH is 1. The molecule has 0 saturated carbocycles. The summed E-state index contributed by atoms with van der Waals surface area (Å²) in [6.45, 7) is 2.49. The maximum absolute atomic E-state index is 8.55. The first-order chi connectivity index (χ1) is 5.35. The summed E-state index contributed by atoms with van der Waals surface area (Å²) in [4.78, 5) is 0. The Balaban J connectivity index is 3.20. The van der Waals surface area contributed by atoms with E-state index < -0.39 is 0 Å². The lowest BCUT2D eigenvalue weighted by molar-refractivity contribution is 0.322. The Labute approximate surface area is 82.1 Å². The SMILES string of the molecule is CCSC(CSCCO)SC. The molecule has 1 atom stereocenters. The Morgan fingerprint density at radius 2 is 2.18 bits per heavy atom. The van der Waals surface area contributed by atoms with Crippen LogP contribution in [0.2, 0.25) is 0 Å². The Morgan fingerprint density at radius 1 is 1.45 bits per heavy atom. The lowest BCUT2D eigenvalue weighted by Gasteiger charge is -2.11. The molecule has 1 unspecified atom stereocenters. The molecule has 0 rings (SSSR count). The highest BCUT2D eigenvalue weighted by Crippen LogP contribution is 2.24. The second-order valence-electron chi connectivity index (χ2n) is 1.92. The van der Waals surface area contributed by atoms with Gasteiger partial charge in [-0.05, 0) is 12.0 Å². The van der Waals surface area contributed by atoms with Crippen molar-refractivity contribution in [3.63, 3.8) is 0 Å². The van der Waals surface area contributed by atoms with Crippen LogP contribution in [0.5, 0.6) is 0 Å². The highest BCUT2D eigenvalue weighted by molar-refractivity contribution is 8.17. The molecule has 0 amide bonds. The predicted octanol–water partition coefficient (Wildman–Crippen LogP) is 2.15. The first-order valence-electron chi connectivity index (χ1n) is 3.68. The summed E-state index contributed by atoms with van der Waals surface area (Å²) in [6, 6.07) is 0. The van der Waals surface area contributed by atoms with E-state index in [0.717, 1.165) is 11.5 Å². The second kappa shape index (κ2) is 9.10. The molecule has 68 valence electrons. The van der Waals surface area contributed by atoms with E-state index in [1.807, 2.05) is 35.3 Å². The van der Waals surface area contributed by atoms with Gasteiger partial charge in [0.1, 0.15) is 0 Å². The van der Waals surface area contributed by atoms with Gasteiger partial charge in [-0.2, -0.15) is 23.5 Å². The third kappa shape index (κ3) is 7.37. The predicted molar refractivity (Wildman–Crippen MR) is 59.8 cm³/mol. The minimum absolute atomic E-state index is 0.308. The molecule has 0 aliphatic heterocycles. The number of rotatable bonds is 7. The molecule has 0 heterocycles. The molecular weight excluding hydrogens is 196 g/mol. The lowest BCUT2D eigenvalue weighted by atomic mass is 10.9. The minimum Gasteiger partial charge on any atom is -0.396 e. The maximum Gasteiger partial charge on any atom is 0.0589 e. The van der Waals surface area contributed by atoms with Crippen LogP contribution in [0.3, 0.4) is 0 Å². The molecule has 0 fully saturated rings. The molecule has 0 bridgehead atoms. The summed E-state index contributed by atoms with van der Waals surface area (Å²) in [7, 11) is 0. The van der Waals surface area contributed by atoms with Gasteiger partial charge in [-0.25, -0.2) is 0 Å². The van der Waals surface area contributed by atoms with E-state index in [2.05, 4.69) is 13.2 Å². The molecule has 1 nitrogen and oxygen atoms in total. The van der Waals surface area contributed by atoms with E-state index in [1.54, 1.807) is 0 Å². The molecule has 0 aromatic rings. The second-order valence-corrected chi connectivity index (χ2v) is 5.89. The van der Waals surface area contributed by atoms with Crippen LogP contribution in [0.15, 0.2) is 0 Å². The highest BCUT2D eigenvalue weighted by Gasteiger charge is 2.04. The first-order valence-corrected chi connectivity index (χ1v) is 7.17. The molecule has 0 aliphatic carbocycles. The minimum atomic E-state index is 0.308. The van der Waals surface area contributed by atoms with Crippen LogP contribution < -0.4 is 0 Å². The fraction of sp³-hybridized carbons (Fsp3) is 1.00. The molecule has 0 saturated heterocycles. The van der Waals surface area contributed by atoms with Gasteiger partial charge in [0.05, 0.1) is 11.2 Å². The molecule has 0 spiro atoms. The van der Waals surface area contributed by atoms with Crippen LogP contribution in [-0.4, -0.2) is 39.8 Å². The van der Waals surface area contributed by atoms with Crippen molar-refractivity contribution in [1.82, 2.24) is 0 Å². The van der Waals surface area contributed by atoms with Gasteiger partial charge in [0.25, 0.3) is 0 Å². The number of hydrogen-bond donors (Lipinski definition) is 1. The summed E-state index contributed by atoms with van der Waals surface area (Å²) >= 11 is 5.73. The Hall–Kier alpha value is 1.01. The van der Waals surface area contributed by atoms with Gasteiger partial charge < -0.3 is 5.11 Å². The van der Waals surface area contributed by atoms with E-state index in [0.29, 0.717) is 11.2 Å². The van der Waals surface area contributed by atoms with Crippen LogP contribution in [0.25, 0.3) is 0 Å². The van der Waals surface area contributed by atoms with Gasteiger partial charge >= 0.3 is 0 Å². The topological polar surface area (TPSA) is 20.2 Å². The summed E-state index contributed by atoms with van der Waals surface area (Å²) in [5.41, 5.74) is 0. The molecule has 0 radical (unpaired) electrons. The van der Waals surface area contributed by atoms with Crippen molar-refractivity contribution in [2.24, 2.45) is 0 Å². The zero-order chi connectivity index (χ0) is 8.53. The Bertz CT molecular complexity index is 80.1. The molecule has 0 aromatic carbocycles. The average molecular weight is 212 g/mol. The molecule has 11 heavy (non-hydrogen) atoms. The van der Waals surface area contributed by atoms with Crippen molar-refractivity contribution in [2.75, 3.05) is 30.1 Å². The fourth-order valence-electron chi connectivity index (χ4n) is 0.614. The van der Waals surface area contributed by atoms with Crippen LogP contribution in [-0.2, 0) is 0 Å². The zero-order valence-electron chi connectivity index (χ0n) is 7.08. The smallest absolute Gasteiger partial charge is 0.0589 e. The molecular formula is C7H16OS3. The first kappa shape index (κ1) is 12.0. The van der Waals surface area contributed by atoms with Crippen LogP contribution in [0.1, 0.15) is 6.92 Å². The molecule has 0 aromatic heterocycles. The van der Waals surface area contributed by atoms with Gasteiger partial charge in [-0.1, -0.05) is 6.92 Å². The highest BCUT2D eigenvalue weighted by atomic mass is 32.2. The third-order valence-electron chi connectivity index (χ3n) is 1.11. The van der Waals surface area contributed by atoms with Gasteiger partial charge in [-0.15, -0.1) is 11.8 Å². The third-order valence-corrected chi connectivity index (χ3v) is 5.12. The van der Waals surface area contributed by atoms with E-state index in [4.69, 9.17) is 5.11 Å². The Morgan fingerprint density at radius 3 is 2.64 bits per heavy atom. The van der Waals surface area contributed by atoms with Crippen molar-refractivity contribution >= 4 is 35.3 Å². The van der Waals surface area contributed by atoms with Gasteiger partial charge in [0, 0.05) is 11.5 Å². The summed E-state index contributed by atoms with van der Waals surface area (Å²) in [5.74, 6) is 3.22. The summed E-state index contributed by atoms with van der Waals surface area (Å²) < 4.78 is 0.705. The van der Waals surface area contributed by atoms with Crippen LogP contribution >= 0.6 is 35.3 Å².